The molecule has 0 fully saturated rings. The third kappa shape index (κ3) is 5.56. The predicted octanol–water partition coefficient (Wildman–Crippen LogP) is 6.66. The topological polar surface area (TPSA) is 47.0 Å². The number of hydrogen-bond acceptors (Lipinski definition) is 4. The second-order valence-corrected chi connectivity index (χ2v) is 10.1. The molecule has 0 bridgehead atoms. The zero-order valence-electron chi connectivity index (χ0n) is 17.4. The van der Waals surface area contributed by atoms with Crippen molar-refractivity contribution in [3.8, 4) is 0 Å². The fourth-order valence-corrected chi connectivity index (χ4v) is 5.41. The van der Waals surface area contributed by atoms with Gasteiger partial charge in [-0.05, 0) is 53.6 Å². The maximum absolute atomic E-state index is 14.0. The van der Waals surface area contributed by atoms with Crippen LogP contribution >= 0.6 is 11.8 Å². The van der Waals surface area contributed by atoms with Crippen molar-refractivity contribution in [2.45, 2.75) is 20.4 Å². The van der Waals surface area contributed by atoms with Crippen LogP contribution in [0.2, 0.25) is 0 Å². The number of rotatable bonds is 7. The Kier molecular flexibility index (Phi) is 7.01. The third-order valence-corrected chi connectivity index (χ3v) is 7.76. The molecule has 33 heavy (non-hydrogen) atoms. The molecule has 0 aliphatic heterocycles. The first-order valence-corrected chi connectivity index (χ1v) is 12.5. The van der Waals surface area contributed by atoms with Crippen molar-refractivity contribution < 1.29 is 17.2 Å². The van der Waals surface area contributed by atoms with Gasteiger partial charge in [-0.3, -0.25) is 4.98 Å². The van der Waals surface area contributed by atoms with Crippen LogP contribution in [0.25, 0.3) is 12.2 Å². The van der Waals surface area contributed by atoms with Gasteiger partial charge in [-0.2, -0.15) is 0 Å². The number of aromatic nitrogens is 1. The number of hydrogen-bond donors (Lipinski definition) is 0. The lowest BCUT2D eigenvalue weighted by Gasteiger charge is -2.07. The van der Waals surface area contributed by atoms with Gasteiger partial charge in [0, 0.05) is 16.8 Å². The monoisotopic (exact) mass is 479 g/mol. The zero-order chi connectivity index (χ0) is 23.3. The zero-order valence-corrected chi connectivity index (χ0v) is 19.0. The maximum Gasteiger partial charge on any atom is 0.211 e. The van der Waals surface area contributed by atoms with E-state index in [0.29, 0.717) is 11.4 Å². The summed E-state index contributed by atoms with van der Waals surface area (Å²) in [5, 5.41) is 0. The van der Waals surface area contributed by atoms with E-state index in [0.717, 1.165) is 22.1 Å². The molecule has 1 aromatic heterocycles. The molecule has 3 aromatic carbocycles. The molecule has 0 N–H and O–H groups in total. The van der Waals surface area contributed by atoms with Gasteiger partial charge in [0.05, 0.1) is 10.6 Å². The maximum atomic E-state index is 14.0. The van der Waals surface area contributed by atoms with Crippen LogP contribution in [0, 0.1) is 11.6 Å². The summed E-state index contributed by atoms with van der Waals surface area (Å²) in [5.41, 5.74) is 2.48. The molecule has 3 nitrogen and oxygen atoms in total. The fraction of sp³-hybridized carbons (Fsp3) is 0.0385. The Bertz CT molecular complexity index is 1390. The van der Waals surface area contributed by atoms with Crippen LogP contribution in [0.5, 0.6) is 0 Å². The van der Waals surface area contributed by atoms with Crippen molar-refractivity contribution in [1.29, 1.82) is 0 Å². The van der Waals surface area contributed by atoms with E-state index in [1.54, 1.807) is 24.3 Å². The molecule has 4 rings (SSSR count). The molecule has 0 saturated heterocycles. The van der Waals surface area contributed by atoms with Crippen LogP contribution in [0.15, 0.2) is 106 Å². The highest BCUT2D eigenvalue weighted by molar-refractivity contribution is 7.98. The number of sulfone groups is 1. The van der Waals surface area contributed by atoms with Crippen LogP contribution in [0.3, 0.4) is 0 Å². The van der Waals surface area contributed by atoms with Crippen LogP contribution < -0.4 is 0 Å². The summed E-state index contributed by atoms with van der Waals surface area (Å²) in [6.07, 6.45) is 4.73. The number of pyridine rings is 1. The van der Waals surface area contributed by atoms with Gasteiger partial charge in [0.15, 0.2) is 0 Å². The molecule has 0 aliphatic rings. The van der Waals surface area contributed by atoms with Gasteiger partial charge in [0.25, 0.3) is 0 Å². The molecule has 0 radical (unpaired) electrons. The Morgan fingerprint density at radius 2 is 1.61 bits per heavy atom. The minimum Gasteiger partial charge on any atom is -0.256 e. The highest BCUT2D eigenvalue weighted by Crippen LogP contribution is 2.29. The lowest BCUT2D eigenvalue weighted by molar-refractivity contribution is 0.566. The van der Waals surface area contributed by atoms with Crippen LogP contribution in [0.4, 0.5) is 8.78 Å². The lowest BCUT2D eigenvalue weighted by Crippen LogP contribution is -2.05. The minimum atomic E-state index is -4.01. The first-order valence-electron chi connectivity index (χ1n) is 10.0. The molecule has 0 saturated carbocycles. The van der Waals surface area contributed by atoms with Crippen molar-refractivity contribution >= 4 is 33.8 Å². The number of benzene rings is 3. The van der Waals surface area contributed by atoms with Gasteiger partial charge in [0.1, 0.15) is 16.5 Å². The van der Waals surface area contributed by atoms with E-state index in [1.807, 2.05) is 30.3 Å². The molecule has 166 valence electrons. The fourth-order valence-electron chi connectivity index (χ4n) is 3.12. The van der Waals surface area contributed by atoms with Gasteiger partial charge in [-0.25, -0.2) is 17.2 Å². The average Bonchev–Trinajstić information content (AvgIpc) is 2.83. The molecule has 0 unspecified atom stereocenters. The lowest BCUT2D eigenvalue weighted by atomic mass is 10.2. The second kappa shape index (κ2) is 10.1. The largest absolute Gasteiger partial charge is 0.256 e. The molecular formula is C26H19F2NO2S2. The van der Waals surface area contributed by atoms with Gasteiger partial charge >= 0.3 is 0 Å². The summed E-state index contributed by atoms with van der Waals surface area (Å²) in [4.78, 5) is 4.49. The van der Waals surface area contributed by atoms with E-state index >= 15 is 0 Å². The summed E-state index contributed by atoms with van der Waals surface area (Å²) in [5.74, 6) is -0.423. The van der Waals surface area contributed by atoms with Gasteiger partial charge in [-0.15, -0.1) is 11.8 Å². The SMILES string of the molecule is O=S(=O)(c1ccc(/C=C\c2ccc(F)cc2SCc2ccccc2)nc1)c1ccccc1F. The molecule has 4 aromatic rings. The molecule has 0 aliphatic carbocycles. The Labute approximate surface area is 195 Å². The van der Waals surface area contributed by atoms with Crippen molar-refractivity contribution in [2.24, 2.45) is 0 Å². The first kappa shape index (κ1) is 22.9. The van der Waals surface area contributed by atoms with Crippen LogP contribution in [-0.4, -0.2) is 13.4 Å². The van der Waals surface area contributed by atoms with Gasteiger partial charge < -0.3 is 0 Å². The molecule has 0 atom stereocenters. The molecule has 0 spiro atoms. The van der Waals surface area contributed by atoms with E-state index in [9.17, 15) is 17.2 Å². The number of nitrogens with zero attached hydrogens (tertiary/aromatic N) is 1. The Morgan fingerprint density at radius 1 is 0.848 bits per heavy atom. The Balaban J connectivity index is 1.53. The standard InChI is InChI=1S/C26H19F2NO2S2/c27-21-12-10-20(25(16-21)32-18-19-6-2-1-3-7-19)11-13-22-14-15-23(17-29-22)33(30,31)26-9-5-4-8-24(26)28/h1-17H,18H2/b13-11-. The Morgan fingerprint density at radius 3 is 2.33 bits per heavy atom. The molecule has 1 heterocycles. The second-order valence-electron chi connectivity index (χ2n) is 7.14. The third-order valence-electron chi connectivity index (χ3n) is 4.84. The summed E-state index contributed by atoms with van der Waals surface area (Å²) < 4.78 is 53.1. The van der Waals surface area contributed by atoms with Crippen molar-refractivity contribution in [1.82, 2.24) is 4.98 Å². The summed E-state index contributed by atoms with van der Waals surface area (Å²) in [7, 11) is -4.01. The smallest absolute Gasteiger partial charge is 0.211 e. The number of halogens is 2. The predicted molar refractivity (Wildman–Crippen MR) is 127 cm³/mol. The quantitative estimate of drug-likeness (QED) is 0.278. The van der Waals surface area contributed by atoms with Crippen molar-refractivity contribution in [2.75, 3.05) is 0 Å². The molecule has 7 heteroatoms. The van der Waals surface area contributed by atoms with E-state index in [2.05, 4.69) is 4.98 Å². The van der Waals surface area contributed by atoms with Crippen molar-refractivity contribution in [3.63, 3.8) is 0 Å². The molecular weight excluding hydrogens is 460 g/mol. The first-order chi connectivity index (χ1) is 15.9. The van der Waals surface area contributed by atoms with E-state index in [-0.39, 0.29) is 15.6 Å². The summed E-state index contributed by atoms with van der Waals surface area (Å²) >= 11 is 1.53. The van der Waals surface area contributed by atoms with Crippen molar-refractivity contribution in [3.05, 3.63) is 120 Å². The highest BCUT2D eigenvalue weighted by Gasteiger charge is 2.21. The average molecular weight is 480 g/mol. The summed E-state index contributed by atoms with van der Waals surface area (Å²) in [6.45, 7) is 0. The number of thioether (sulfide) groups is 1. The summed E-state index contributed by atoms with van der Waals surface area (Å²) in [6, 6.07) is 22.6. The van der Waals surface area contributed by atoms with E-state index < -0.39 is 15.7 Å². The normalized spacial score (nSPS) is 11.7. The van der Waals surface area contributed by atoms with E-state index in [1.165, 1.54) is 54.4 Å². The molecule has 0 amide bonds. The van der Waals surface area contributed by atoms with Gasteiger partial charge in [-0.1, -0.05) is 54.6 Å². The van der Waals surface area contributed by atoms with Crippen LogP contribution in [-0.2, 0) is 15.6 Å². The van der Waals surface area contributed by atoms with E-state index in [4.69, 9.17) is 0 Å². The van der Waals surface area contributed by atoms with Crippen LogP contribution in [0.1, 0.15) is 16.8 Å². The Hall–Kier alpha value is -3.29. The highest BCUT2D eigenvalue weighted by atomic mass is 32.2. The van der Waals surface area contributed by atoms with Gasteiger partial charge in [0.2, 0.25) is 9.84 Å². The minimum absolute atomic E-state index is 0.0920.